The van der Waals surface area contributed by atoms with Gasteiger partial charge in [-0.25, -0.2) is 4.98 Å². The van der Waals surface area contributed by atoms with E-state index in [1.807, 2.05) is 36.4 Å². The number of rotatable bonds is 5. The number of aromatic nitrogens is 4. The minimum atomic E-state index is 0.762. The molecule has 0 aliphatic heterocycles. The number of thiazole rings is 2. The smallest absolute Gasteiger partial charge is 0.217 e. The highest BCUT2D eigenvalue weighted by Gasteiger charge is 2.13. The van der Waals surface area contributed by atoms with Gasteiger partial charge in [-0.2, -0.15) is 0 Å². The summed E-state index contributed by atoms with van der Waals surface area (Å²) in [5, 5.41) is 15.9. The Morgan fingerprint density at radius 2 is 1.85 bits per heavy atom. The van der Waals surface area contributed by atoms with Gasteiger partial charge in [-0.3, -0.25) is 4.40 Å². The number of nitrogens with one attached hydrogen (secondary N) is 1. The molecule has 0 saturated carbocycles. The van der Waals surface area contributed by atoms with Crippen molar-refractivity contribution in [2.45, 2.75) is 10.9 Å². The summed E-state index contributed by atoms with van der Waals surface area (Å²) in [6, 6.07) is 18.4. The van der Waals surface area contributed by atoms with Crippen molar-refractivity contribution in [3.8, 4) is 0 Å². The van der Waals surface area contributed by atoms with Crippen molar-refractivity contribution in [1.82, 2.24) is 19.6 Å². The van der Waals surface area contributed by atoms with E-state index in [0.717, 1.165) is 37.9 Å². The molecule has 1 N–H and O–H groups in total. The van der Waals surface area contributed by atoms with Gasteiger partial charge in [0.15, 0.2) is 10.3 Å². The molecule has 0 radical (unpaired) electrons. The van der Waals surface area contributed by atoms with E-state index in [-0.39, 0.29) is 0 Å². The van der Waals surface area contributed by atoms with Crippen LogP contribution in [0.25, 0.3) is 15.2 Å². The first kappa shape index (κ1) is 15.8. The van der Waals surface area contributed by atoms with E-state index in [2.05, 4.69) is 48.5 Å². The number of nitrogens with zero attached hydrogens (tertiary/aromatic N) is 4. The SMILES string of the molecule is c1ccc(Nc2nc(CSc3nnc4sc5ccccc5n34)cs2)cc1. The second-order valence-corrected chi connectivity index (χ2v) is 8.40. The number of para-hydroxylation sites is 2. The van der Waals surface area contributed by atoms with Crippen LogP contribution < -0.4 is 5.32 Å². The van der Waals surface area contributed by atoms with Crippen molar-refractivity contribution in [1.29, 1.82) is 0 Å². The van der Waals surface area contributed by atoms with Crippen molar-refractivity contribution in [3.63, 3.8) is 0 Å². The summed E-state index contributed by atoms with van der Waals surface area (Å²) in [7, 11) is 0. The van der Waals surface area contributed by atoms with E-state index in [9.17, 15) is 0 Å². The summed E-state index contributed by atoms with van der Waals surface area (Å²) in [5.74, 6) is 0.762. The number of hydrogen-bond donors (Lipinski definition) is 1. The highest BCUT2D eigenvalue weighted by Crippen LogP contribution is 2.31. The summed E-state index contributed by atoms with van der Waals surface area (Å²) >= 11 is 4.94. The molecule has 0 amide bonds. The molecule has 5 aromatic rings. The van der Waals surface area contributed by atoms with E-state index in [1.54, 1.807) is 34.4 Å². The maximum atomic E-state index is 4.67. The Kier molecular flexibility index (Phi) is 4.08. The molecule has 2 aromatic carbocycles. The predicted octanol–water partition coefficient (Wildman–Crippen LogP) is 5.44. The van der Waals surface area contributed by atoms with Gasteiger partial charge in [-0.05, 0) is 24.3 Å². The van der Waals surface area contributed by atoms with Crippen LogP contribution in [-0.4, -0.2) is 19.6 Å². The van der Waals surface area contributed by atoms with Gasteiger partial charge in [0.1, 0.15) is 0 Å². The lowest BCUT2D eigenvalue weighted by Crippen LogP contribution is -1.90. The van der Waals surface area contributed by atoms with Crippen molar-refractivity contribution >= 4 is 60.4 Å². The molecule has 0 atom stereocenters. The molecular formula is C18H13N5S3. The minimum Gasteiger partial charge on any atom is -0.332 e. The molecule has 5 rings (SSSR count). The molecule has 26 heavy (non-hydrogen) atoms. The standard InChI is InChI=1S/C18H13N5S3/c1-2-6-12(7-3-1)19-16-20-13(10-24-16)11-25-17-21-22-18-23(17)14-8-4-5-9-15(14)26-18/h1-10H,11H2,(H,19,20). The fourth-order valence-electron chi connectivity index (χ4n) is 2.66. The van der Waals surface area contributed by atoms with Crippen molar-refractivity contribution in [2.75, 3.05) is 5.32 Å². The first-order valence-corrected chi connectivity index (χ1v) is 10.7. The van der Waals surface area contributed by atoms with E-state index in [0.29, 0.717) is 0 Å². The van der Waals surface area contributed by atoms with E-state index in [4.69, 9.17) is 0 Å². The largest absolute Gasteiger partial charge is 0.332 e. The molecule has 3 heterocycles. The molecule has 0 aliphatic carbocycles. The molecule has 128 valence electrons. The third-order valence-electron chi connectivity index (χ3n) is 3.84. The van der Waals surface area contributed by atoms with Crippen molar-refractivity contribution in [3.05, 3.63) is 65.7 Å². The van der Waals surface area contributed by atoms with E-state index < -0.39 is 0 Å². The Morgan fingerprint density at radius 3 is 2.77 bits per heavy atom. The maximum absolute atomic E-state index is 4.67. The maximum Gasteiger partial charge on any atom is 0.217 e. The quantitative estimate of drug-likeness (QED) is 0.402. The first-order chi connectivity index (χ1) is 12.9. The van der Waals surface area contributed by atoms with Crippen LogP contribution in [-0.2, 0) is 5.75 Å². The van der Waals surface area contributed by atoms with Gasteiger partial charge in [-0.15, -0.1) is 21.5 Å². The Labute approximate surface area is 161 Å². The second kappa shape index (κ2) is 6.71. The van der Waals surface area contributed by atoms with Gasteiger partial charge in [0.05, 0.1) is 15.9 Å². The zero-order chi connectivity index (χ0) is 17.3. The van der Waals surface area contributed by atoms with Gasteiger partial charge in [0, 0.05) is 16.8 Å². The molecule has 0 bridgehead atoms. The minimum absolute atomic E-state index is 0.762. The Hall–Kier alpha value is -2.42. The zero-order valence-electron chi connectivity index (χ0n) is 13.5. The number of fused-ring (bicyclic) bond motifs is 3. The van der Waals surface area contributed by atoms with Crippen LogP contribution >= 0.6 is 34.4 Å². The van der Waals surface area contributed by atoms with Crippen LogP contribution in [0.5, 0.6) is 0 Å². The molecule has 8 heteroatoms. The molecule has 0 fully saturated rings. The normalized spacial score (nSPS) is 11.4. The summed E-state index contributed by atoms with van der Waals surface area (Å²) in [5.41, 5.74) is 3.24. The van der Waals surface area contributed by atoms with Crippen molar-refractivity contribution in [2.24, 2.45) is 0 Å². The van der Waals surface area contributed by atoms with Crippen LogP contribution in [0.4, 0.5) is 10.8 Å². The lowest BCUT2D eigenvalue weighted by molar-refractivity contribution is 0.939. The van der Waals surface area contributed by atoms with Crippen molar-refractivity contribution < 1.29 is 0 Å². The Balaban J connectivity index is 1.34. The number of anilines is 2. The fraction of sp³-hybridized carbons (Fsp3) is 0.0556. The molecular weight excluding hydrogens is 382 g/mol. The second-order valence-electron chi connectivity index (χ2n) is 5.59. The summed E-state index contributed by atoms with van der Waals surface area (Å²) in [6.45, 7) is 0. The Morgan fingerprint density at radius 1 is 1.00 bits per heavy atom. The lowest BCUT2D eigenvalue weighted by Gasteiger charge is -2.01. The summed E-state index contributed by atoms with van der Waals surface area (Å²) in [6.07, 6.45) is 0. The van der Waals surface area contributed by atoms with Crippen LogP contribution in [0.2, 0.25) is 0 Å². The fourth-order valence-corrected chi connectivity index (χ4v) is 5.36. The molecule has 5 nitrogen and oxygen atoms in total. The number of thioether (sulfide) groups is 1. The average Bonchev–Trinajstić information content (AvgIpc) is 3.36. The predicted molar refractivity (Wildman–Crippen MR) is 110 cm³/mol. The lowest BCUT2D eigenvalue weighted by atomic mass is 10.3. The van der Waals surface area contributed by atoms with Gasteiger partial charge in [0.25, 0.3) is 0 Å². The zero-order valence-corrected chi connectivity index (χ0v) is 15.9. The first-order valence-electron chi connectivity index (χ1n) is 7.99. The average molecular weight is 396 g/mol. The Bertz CT molecular complexity index is 1180. The highest BCUT2D eigenvalue weighted by molar-refractivity contribution is 7.98. The van der Waals surface area contributed by atoms with Crippen LogP contribution in [0.3, 0.4) is 0 Å². The molecule has 0 spiro atoms. The van der Waals surface area contributed by atoms with Gasteiger partial charge >= 0.3 is 0 Å². The molecule has 0 unspecified atom stereocenters. The summed E-state index contributed by atoms with van der Waals surface area (Å²) in [4.78, 5) is 5.60. The van der Waals surface area contributed by atoms with Crippen LogP contribution in [0.1, 0.15) is 5.69 Å². The van der Waals surface area contributed by atoms with E-state index >= 15 is 0 Å². The molecule has 0 aliphatic rings. The van der Waals surface area contributed by atoms with Crippen LogP contribution in [0, 0.1) is 0 Å². The van der Waals surface area contributed by atoms with Gasteiger partial charge in [-0.1, -0.05) is 53.4 Å². The number of hydrogen-bond acceptors (Lipinski definition) is 7. The third kappa shape index (κ3) is 2.96. The molecule has 0 saturated heterocycles. The van der Waals surface area contributed by atoms with E-state index in [1.165, 1.54) is 4.70 Å². The van der Waals surface area contributed by atoms with Crippen LogP contribution in [0.15, 0.2) is 65.1 Å². The van der Waals surface area contributed by atoms with Gasteiger partial charge in [0.2, 0.25) is 4.96 Å². The summed E-state index contributed by atoms with van der Waals surface area (Å²) < 4.78 is 3.35. The number of benzene rings is 2. The third-order valence-corrected chi connectivity index (χ3v) is 6.62. The monoisotopic (exact) mass is 395 g/mol. The topological polar surface area (TPSA) is 55.1 Å². The molecule has 3 aromatic heterocycles. The van der Waals surface area contributed by atoms with Gasteiger partial charge < -0.3 is 5.32 Å². The highest BCUT2D eigenvalue weighted by atomic mass is 32.2.